The fourth-order valence-electron chi connectivity index (χ4n) is 4.84. The Morgan fingerprint density at radius 1 is 0.842 bits per heavy atom. The molecular weight excluding hydrogens is 232 g/mol. The fourth-order valence-corrected chi connectivity index (χ4v) is 4.84. The summed E-state index contributed by atoms with van der Waals surface area (Å²) in [4.78, 5) is 0. The Bertz CT molecular complexity index is 281. The minimum absolute atomic E-state index is 0.0268. The fraction of sp³-hybridized carbons (Fsp3) is 1.00. The van der Waals surface area contributed by atoms with Gasteiger partial charge >= 0.3 is 0 Å². The lowest BCUT2D eigenvalue weighted by Crippen LogP contribution is -2.40. The molecule has 0 aromatic carbocycles. The van der Waals surface area contributed by atoms with E-state index in [9.17, 15) is 5.11 Å². The second-order valence-electron chi connectivity index (χ2n) is 8.78. The molecule has 2 saturated carbocycles. The van der Waals surface area contributed by atoms with Crippen molar-refractivity contribution in [2.75, 3.05) is 0 Å². The van der Waals surface area contributed by atoms with Crippen LogP contribution in [0, 0.1) is 35.0 Å². The number of hydrogen-bond acceptors (Lipinski definition) is 1. The van der Waals surface area contributed by atoms with Gasteiger partial charge < -0.3 is 5.11 Å². The van der Waals surface area contributed by atoms with Crippen LogP contribution in [0.5, 0.6) is 0 Å². The Hall–Kier alpha value is -0.0400. The van der Waals surface area contributed by atoms with Crippen molar-refractivity contribution in [3.8, 4) is 0 Å². The highest BCUT2D eigenvalue weighted by Gasteiger charge is 2.40. The molecular formula is C18H34O. The van der Waals surface area contributed by atoms with Crippen LogP contribution < -0.4 is 0 Å². The number of aliphatic hydroxyl groups is 1. The Kier molecular flexibility index (Phi) is 4.65. The summed E-state index contributed by atoms with van der Waals surface area (Å²) in [5.74, 6) is 3.86. The molecule has 0 bridgehead atoms. The molecule has 0 aromatic heterocycles. The summed E-state index contributed by atoms with van der Waals surface area (Å²) in [5, 5.41) is 10.5. The van der Waals surface area contributed by atoms with Gasteiger partial charge in [-0.2, -0.15) is 0 Å². The van der Waals surface area contributed by atoms with Crippen molar-refractivity contribution in [1.29, 1.82) is 0 Å². The number of rotatable bonds is 1. The van der Waals surface area contributed by atoms with Crippen LogP contribution in [-0.4, -0.2) is 11.2 Å². The second kappa shape index (κ2) is 5.76. The lowest BCUT2D eigenvalue weighted by atomic mass is 9.61. The molecule has 0 amide bonds. The molecule has 112 valence electrons. The Morgan fingerprint density at radius 2 is 1.42 bits per heavy atom. The van der Waals surface area contributed by atoms with Gasteiger partial charge in [0.2, 0.25) is 0 Å². The summed E-state index contributed by atoms with van der Waals surface area (Å²) in [5.41, 5.74) is 0.407. The summed E-state index contributed by atoms with van der Waals surface area (Å²) in [6.45, 7) is 11.9. The van der Waals surface area contributed by atoms with Crippen LogP contribution in [0.3, 0.4) is 0 Å². The third-order valence-corrected chi connectivity index (χ3v) is 5.91. The van der Waals surface area contributed by atoms with Crippen LogP contribution in [-0.2, 0) is 0 Å². The third kappa shape index (κ3) is 3.74. The Balaban J connectivity index is 2.04. The van der Waals surface area contributed by atoms with E-state index < -0.39 is 0 Å². The van der Waals surface area contributed by atoms with Crippen molar-refractivity contribution >= 4 is 0 Å². The zero-order valence-electron chi connectivity index (χ0n) is 13.7. The lowest BCUT2D eigenvalue weighted by molar-refractivity contribution is -0.0252. The first kappa shape index (κ1) is 15.4. The first-order chi connectivity index (χ1) is 8.77. The lowest BCUT2D eigenvalue weighted by Gasteiger charge is -2.45. The van der Waals surface area contributed by atoms with Gasteiger partial charge in [0.05, 0.1) is 6.10 Å². The predicted molar refractivity (Wildman–Crippen MR) is 82.0 cm³/mol. The molecule has 0 aliphatic heterocycles. The SMILES string of the molecule is CC1CC(C)CC(C2CC(C(C)(C)C)CCC2O)C1. The molecule has 2 rings (SSSR count). The van der Waals surface area contributed by atoms with Crippen molar-refractivity contribution < 1.29 is 5.11 Å². The summed E-state index contributed by atoms with van der Waals surface area (Å²) in [6.07, 6.45) is 7.58. The van der Waals surface area contributed by atoms with Crippen molar-refractivity contribution in [3.63, 3.8) is 0 Å². The molecule has 1 nitrogen and oxygen atoms in total. The first-order valence-electron chi connectivity index (χ1n) is 8.45. The highest BCUT2D eigenvalue weighted by atomic mass is 16.3. The van der Waals surface area contributed by atoms with Crippen molar-refractivity contribution in [1.82, 2.24) is 0 Å². The van der Waals surface area contributed by atoms with E-state index >= 15 is 0 Å². The maximum Gasteiger partial charge on any atom is 0.0571 e. The van der Waals surface area contributed by atoms with Crippen LogP contribution in [0.15, 0.2) is 0 Å². The molecule has 2 aliphatic rings. The highest BCUT2D eigenvalue weighted by Crippen LogP contribution is 2.47. The minimum atomic E-state index is -0.0268. The van der Waals surface area contributed by atoms with Crippen LogP contribution >= 0.6 is 0 Å². The molecule has 0 radical (unpaired) electrons. The average molecular weight is 266 g/mol. The van der Waals surface area contributed by atoms with Gasteiger partial charge in [-0.25, -0.2) is 0 Å². The van der Waals surface area contributed by atoms with Crippen molar-refractivity contribution in [2.45, 2.75) is 79.2 Å². The van der Waals surface area contributed by atoms with E-state index in [0.717, 1.165) is 30.1 Å². The molecule has 19 heavy (non-hydrogen) atoms. The first-order valence-corrected chi connectivity index (χ1v) is 8.45. The van der Waals surface area contributed by atoms with Crippen molar-refractivity contribution in [3.05, 3.63) is 0 Å². The van der Waals surface area contributed by atoms with E-state index in [2.05, 4.69) is 34.6 Å². The molecule has 0 spiro atoms. The monoisotopic (exact) mass is 266 g/mol. The molecule has 0 aromatic rings. The van der Waals surface area contributed by atoms with Crippen LogP contribution in [0.2, 0.25) is 0 Å². The maximum absolute atomic E-state index is 10.5. The van der Waals surface area contributed by atoms with Gasteiger partial charge in [-0.1, -0.05) is 34.6 Å². The van der Waals surface area contributed by atoms with Crippen LogP contribution in [0.4, 0.5) is 0 Å². The standard InChI is InChI=1S/C18H34O/c1-12-8-13(2)10-14(9-12)16-11-15(18(3,4)5)6-7-17(16)19/h12-17,19H,6-11H2,1-5H3. The quantitative estimate of drug-likeness (QED) is 0.717. The second-order valence-corrected chi connectivity index (χ2v) is 8.78. The topological polar surface area (TPSA) is 20.2 Å². The zero-order chi connectivity index (χ0) is 14.2. The number of hydrogen-bond donors (Lipinski definition) is 1. The van der Waals surface area contributed by atoms with E-state index in [-0.39, 0.29) is 6.10 Å². The molecule has 5 atom stereocenters. The van der Waals surface area contributed by atoms with Gasteiger partial charge in [0.1, 0.15) is 0 Å². The summed E-state index contributed by atoms with van der Waals surface area (Å²) in [6, 6.07) is 0. The Morgan fingerprint density at radius 3 is 1.95 bits per heavy atom. The molecule has 1 N–H and O–H groups in total. The average Bonchev–Trinajstić information content (AvgIpc) is 2.26. The molecule has 2 fully saturated rings. The molecule has 2 aliphatic carbocycles. The normalized spacial score (nSPS) is 45.2. The predicted octanol–water partition coefficient (Wildman–Crippen LogP) is 4.88. The molecule has 0 heterocycles. The summed E-state index contributed by atoms with van der Waals surface area (Å²) < 4.78 is 0. The smallest absolute Gasteiger partial charge is 0.0571 e. The van der Waals surface area contributed by atoms with Crippen LogP contribution in [0.1, 0.15) is 73.1 Å². The summed E-state index contributed by atoms with van der Waals surface area (Å²) in [7, 11) is 0. The van der Waals surface area contributed by atoms with E-state index in [4.69, 9.17) is 0 Å². The van der Waals surface area contributed by atoms with Gasteiger partial charge in [0, 0.05) is 0 Å². The van der Waals surface area contributed by atoms with Gasteiger partial charge in [0.15, 0.2) is 0 Å². The van der Waals surface area contributed by atoms with Crippen molar-refractivity contribution in [2.24, 2.45) is 35.0 Å². The van der Waals surface area contributed by atoms with E-state index in [1.54, 1.807) is 0 Å². The Labute approximate surface area is 120 Å². The van der Waals surface area contributed by atoms with Crippen LogP contribution in [0.25, 0.3) is 0 Å². The number of aliphatic hydroxyl groups excluding tert-OH is 1. The van der Waals surface area contributed by atoms with E-state index in [1.165, 1.54) is 32.1 Å². The third-order valence-electron chi connectivity index (χ3n) is 5.91. The largest absolute Gasteiger partial charge is 0.393 e. The molecule has 0 saturated heterocycles. The molecule has 1 heteroatoms. The van der Waals surface area contributed by atoms with Gasteiger partial charge in [-0.3, -0.25) is 0 Å². The van der Waals surface area contributed by atoms with Gasteiger partial charge in [-0.15, -0.1) is 0 Å². The van der Waals surface area contributed by atoms with E-state index in [0.29, 0.717) is 11.3 Å². The van der Waals surface area contributed by atoms with E-state index in [1.807, 2.05) is 0 Å². The zero-order valence-corrected chi connectivity index (χ0v) is 13.7. The van der Waals surface area contributed by atoms with Gasteiger partial charge in [0.25, 0.3) is 0 Å². The molecule has 5 unspecified atom stereocenters. The summed E-state index contributed by atoms with van der Waals surface area (Å²) >= 11 is 0. The maximum atomic E-state index is 10.5. The highest BCUT2D eigenvalue weighted by molar-refractivity contribution is 4.91. The van der Waals surface area contributed by atoms with Gasteiger partial charge in [-0.05, 0) is 73.5 Å². The minimum Gasteiger partial charge on any atom is -0.393 e.